The molecule has 3 rings (SSSR count). The van der Waals surface area contributed by atoms with Gasteiger partial charge in [-0.05, 0) is 67.8 Å². The standard InChI is InChI=1S/C20H20ClN3O2/c1-13-6-11-17(12-14(13)2)22-18(25)4-3-5-19-23-20(24-26-19)15-7-9-16(21)10-8-15/h6-12H,3-5H2,1-2H3,(H,22,25). The average molecular weight is 370 g/mol. The molecule has 0 saturated carbocycles. The van der Waals surface area contributed by atoms with Gasteiger partial charge in [-0.1, -0.05) is 22.8 Å². The maximum atomic E-state index is 12.1. The Morgan fingerprint density at radius 3 is 2.62 bits per heavy atom. The monoisotopic (exact) mass is 369 g/mol. The summed E-state index contributed by atoms with van der Waals surface area (Å²) in [6.45, 7) is 4.07. The van der Waals surface area contributed by atoms with Gasteiger partial charge in [-0.2, -0.15) is 4.98 Å². The van der Waals surface area contributed by atoms with E-state index in [0.717, 1.165) is 16.8 Å². The minimum Gasteiger partial charge on any atom is -0.339 e. The van der Waals surface area contributed by atoms with Crippen LogP contribution >= 0.6 is 11.6 Å². The molecule has 134 valence electrons. The zero-order chi connectivity index (χ0) is 18.5. The number of benzene rings is 2. The summed E-state index contributed by atoms with van der Waals surface area (Å²) in [5.41, 5.74) is 4.03. The largest absolute Gasteiger partial charge is 0.339 e. The van der Waals surface area contributed by atoms with Gasteiger partial charge in [-0.3, -0.25) is 4.79 Å². The second kappa shape index (κ2) is 8.15. The number of carbonyl (C=O) groups is 1. The molecule has 0 spiro atoms. The fourth-order valence-corrected chi connectivity index (χ4v) is 2.64. The van der Waals surface area contributed by atoms with Crippen LogP contribution in [0.1, 0.15) is 29.9 Å². The summed E-state index contributed by atoms with van der Waals surface area (Å²) in [5.74, 6) is 1.02. The topological polar surface area (TPSA) is 68.0 Å². The average Bonchev–Trinajstić information content (AvgIpc) is 3.08. The van der Waals surface area contributed by atoms with Crippen molar-refractivity contribution < 1.29 is 9.32 Å². The van der Waals surface area contributed by atoms with Gasteiger partial charge in [0.05, 0.1) is 0 Å². The molecular weight excluding hydrogens is 350 g/mol. The number of anilines is 1. The molecule has 1 heterocycles. The number of aryl methyl sites for hydroxylation is 3. The molecule has 6 heteroatoms. The fourth-order valence-electron chi connectivity index (χ4n) is 2.52. The van der Waals surface area contributed by atoms with Crippen molar-refractivity contribution in [1.29, 1.82) is 0 Å². The van der Waals surface area contributed by atoms with E-state index in [0.29, 0.717) is 36.0 Å². The van der Waals surface area contributed by atoms with Gasteiger partial charge >= 0.3 is 0 Å². The molecule has 0 bridgehead atoms. The van der Waals surface area contributed by atoms with Gasteiger partial charge in [0.25, 0.3) is 0 Å². The van der Waals surface area contributed by atoms with E-state index in [1.54, 1.807) is 12.1 Å². The molecule has 0 fully saturated rings. The van der Waals surface area contributed by atoms with Crippen molar-refractivity contribution >= 4 is 23.2 Å². The van der Waals surface area contributed by atoms with Crippen LogP contribution in [0.3, 0.4) is 0 Å². The van der Waals surface area contributed by atoms with Gasteiger partial charge in [-0.25, -0.2) is 0 Å². The first-order valence-electron chi connectivity index (χ1n) is 8.47. The van der Waals surface area contributed by atoms with Crippen molar-refractivity contribution in [1.82, 2.24) is 10.1 Å². The number of hydrogen-bond acceptors (Lipinski definition) is 4. The summed E-state index contributed by atoms with van der Waals surface area (Å²) in [6, 6.07) is 13.1. The molecule has 26 heavy (non-hydrogen) atoms. The van der Waals surface area contributed by atoms with Crippen molar-refractivity contribution in [2.24, 2.45) is 0 Å². The number of rotatable bonds is 6. The van der Waals surface area contributed by atoms with Crippen molar-refractivity contribution in [3.05, 3.63) is 64.5 Å². The third-order valence-electron chi connectivity index (χ3n) is 4.16. The van der Waals surface area contributed by atoms with Gasteiger partial charge in [0, 0.05) is 29.1 Å². The molecule has 0 atom stereocenters. The van der Waals surface area contributed by atoms with Crippen molar-refractivity contribution in [3.8, 4) is 11.4 Å². The molecular formula is C20H20ClN3O2. The quantitative estimate of drug-likeness (QED) is 0.666. The Morgan fingerprint density at radius 2 is 1.88 bits per heavy atom. The molecule has 1 aromatic heterocycles. The lowest BCUT2D eigenvalue weighted by molar-refractivity contribution is -0.116. The molecule has 0 radical (unpaired) electrons. The molecule has 1 amide bonds. The van der Waals surface area contributed by atoms with Gasteiger partial charge in [0.15, 0.2) is 0 Å². The number of amides is 1. The normalized spacial score (nSPS) is 10.7. The summed E-state index contributed by atoms with van der Waals surface area (Å²) in [6.07, 6.45) is 1.59. The predicted octanol–water partition coefficient (Wildman–Crippen LogP) is 4.97. The first kappa shape index (κ1) is 18.1. The van der Waals surface area contributed by atoms with E-state index in [2.05, 4.69) is 15.5 Å². The molecule has 0 aliphatic heterocycles. The second-order valence-electron chi connectivity index (χ2n) is 6.22. The van der Waals surface area contributed by atoms with Crippen LogP contribution in [0.4, 0.5) is 5.69 Å². The lowest BCUT2D eigenvalue weighted by Gasteiger charge is -2.07. The SMILES string of the molecule is Cc1ccc(NC(=O)CCCc2nc(-c3ccc(Cl)cc3)no2)cc1C. The zero-order valence-electron chi connectivity index (χ0n) is 14.8. The molecule has 0 aliphatic carbocycles. The minimum atomic E-state index is -0.0225. The van der Waals surface area contributed by atoms with Gasteiger partial charge in [0.2, 0.25) is 17.6 Å². The highest BCUT2D eigenvalue weighted by atomic mass is 35.5. The smallest absolute Gasteiger partial charge is 0.226 e. The summed E-state index contributed by atoms with van der Waals surface area (Å²) >= 11 is 5.87. The Balaban J connectivity index is 1.49. The van der Waals surface area contributed by atoms with E-state index in [-0.39, 0.29) is 5.91 Å². The molecule has 0 unspecified atom stereocenters. The first-order chi connectivity index (χ1) is 12.5. The highest BCUT2D eigenvalue weighted by molar-refractivity contribution is 6.30. The van der Waals surface area contributed by atoms with Crippen LogP contribution in [0.2, 0.25) is 5.02 Å². The van der Waals surface area contributed by atoms with Crippen molar-refractivity contribution in [3.63, 3.8) is 0 Å². The highest BCUT2D eigenvalue weighted by Gasteiger charge is 2.10. The predicted molar refractivity (Wildman–Crippen MR) is 102 cm³/mol. The summed E-state index contributed by atoms with van der Waals surface area (Å²) in [4.78, 5) is 16.4. The van der Waals surface area contributed by atoms with Crippen LogP contribution in [0.25, 0.3) is 11.4 Å². The van der Waals surface area contributed by atoms with Crippen LogP contribution in [-0.4, -0.2) is 16.0 Å². The van der Waals surface area contributed by atoms with Crippen LogP contribution < -0.4 is 5.32 Å². The summed E-state index contributed by atoms with van der Waals surface area (Å²) < 4.78 is 5.25. The van der Waals surface area contributed by atoms with Gasteiger partial charge in [-0.15, -0.1) is 0 Å². The van der Waals surface area contributed by atoms with E-state index in [9.17, 15) is 4.79 Å². The highest BCUT2D eigenvalue weighted by Crippen LogP contribution is 2.19. The van der Waals surface area contributed by atoms with E-state index in [4.69, 9.17) is 16.1 Å². The molecule has 5 nitrogen and oxygen atoms in total. The van der Waals surface area contributed by atoms with E-state index in [1.807, 2.05) is 44.2 Å². The summed E-state index contributed by atoms with van der Waals surface area (Å²) in [5, 5.41) is 7.54. The zero-order valence-corrected chi connectivity index (χ0v) is 15.5. The molecule has 0 aliphatic rings. The molecule has 3 aromatic rings. The van der Waals surface area contributed by atoms with E-state index >= 15 is 0 Å². The Bertz CT molecular complexity index is 904. The number of carbonyl (C=O) groups excluding carboxylic acids is 1. The minimum absolute atomic E-state index is 0.0225. The van der Waals surface area contributed by atoms with Gasteiger partial charge in [0.1, 0.15) is 0 Å². The van der Waals surface area contributed by atoms with Crippen molar-refractivity contribution in [2.75, 3.05) is 5.32 Å². The van der Waals surface area contributed by atoms with Crippen LogP contribution in [-0.2, 0) is 11.2 Å². The number of halogens is 1. The van der Waals surface area contributed by atoms with Gasteiger partial charge < -0.3 is 9.84 Å². The van der Waals surface area contributed by atoms with E-state index < -0.39 is 0 Å². The van der Waals surface area contributed by atoms with Crippen LogP contribution in [0, 0.1) is 13.8 Å². The number of hydrogen-bond donors (Lipinski definition) is 1. The number of aromatic nitrogens is 2. The van der Waals surface area contributed by atoms with Crippen LogP contribution in [0.5, 0.6) is 0 Å². The lowest BCUT2D eigenvalue weighted by Crippen LogP contribution is -2.11. The fraction of sp³-hybridized carbons (Fsp3) is 0.250. The lowest BCUT2D eigenvalue weighted by atomic mass is 10.1. The third-order valence-corrected chi connectivity index (χ3v) is 4.41. The maximum absolute atomic E-state index is 12.1. The van der Waals surface area contributed by atoms with E-state index in [1.165, 1.54) is 5.56 Å². The second-order valence-corrected chi connectivity index (χ2v) is 6.66. The molecule has 0 saturated heterocycles. The number of nitrogens with one attached hydrogen (secondary N) is 1. The Kier molecular flexibility index (Phi) is 5.68. The molecule has 2 aromatic carbocycles. The Labute approximate surface area is 157 Å². The number of nitrogens with zero attached hydrogens (tertiary/aromatic N) is 2. The van der Waals surface area contributed by atoms with Crippen molar-refractivity contribution in [2.45, 2.75) is 33.1 Å². The third kappa shape index (κ3) is 4.70. The Morgan fingerprint density at radius 1 is 1.12 bits per heavy atom. The molecule has 1 N–H and O–H groups in total. The van der Waals surface area contributed by atoms with Crippen LogP contribution in [0.15, 0.2) is 47.0 Å². The first-order valence-corrected chi connectivity index (χ1v) is 8.85. The maximum Gasteiger partial charge on any atom is 0.226 e. The summed E-state index contributed by atoms with van der Waals surface area (Å²) in [7, 11) is 0. The Hall–Kier alpha value is -2.66.